The van der Waals surface area contributed by atoms with Gasteiger partial charge in [0.15, 0.2) is 5.78 Å². The van der Waals surface area contributed by atoms with Crippen molar-refractivity contribution >= 4 is 5.78 Å². The van der Waals surface area contributed by atoms with Crippen molar-refractivity contribution in [3.63, 3.8) is 0 Å². The highest BCUT2D eigenvalue weighted by atomic mass is 16.1. The fourth-order valence-corrected chi connectivity index (χ4v) is 0.817. The summed E-state index contributed by atoms with van der Waals surface area (Å²) < 4.78 is 0. The number of Topliss-reactive ketones (excluding diaryl/α,β-unsaturated/α-hetero) is 1. The van der Waals surface area contributed by atoms with Gasteiger partial charge >= 0.3 is 0 Å². The quantitative estimate of drug-likeness (QED) is 0.499. The molecule has 0 spiro atoms. The van der Waals surface area contributed by atoms with E-state index in [0.29, 0.717) is 18.5 Å². The van der Waals surface area contributed by atoms with Crippen molar-refractivity contribution in [3.05, 3.63) is 36.9 Å². The van der Waals surface area contributed by atoms with Gasteiger partial charge in [-0.2, -0.15) is 0 Å². The van der Waals surface area contributed by atoms with E-state index in [4.69, 9.17) is 0 Å². The van der Waals surface area contributed by atoms with Crippen molar-refractivity contribution in [1.82, 2.24) is 9.97 Å². The zero-order chi connectivity index (χ0) is 8.81. The molecule has 1 aromatic heterocycles. The molecular formula is C9H10N2O. The van der Waals surface area contributed by atoms with Gasteiger partial charge in [0.05, 0.1) is 0 Å². The Morgan fingerprint density at radius 3 is 3.08 bits per heavy atom. The van der Waals surface area contributed by atoms with Crippen LogP contribution < -0.4 is 0 Å². The summed E-state index contributed by atoms with van der Waals surface area (Å²) in [5.74, 6) is 0.0392. The largest absolute Gasteiger partial charge is 0.292 e. The van der Waals surface area contributed by atoms with E-state index in [1.165, 1.54) is 6.33 Å². The third-order valence-corrected chi connectivity index (χ3v) is 1.44. The Labute approximate surface area is 71.2 Å². The lowest BCUT2D eigenvalue weighted by Gasteiger charge is -1.95. The average Bonchev–Trinajstić information content (AvgIpc) is 2.15. The van der Waals surface area contributed by atoms with Crippen LogP contribution in [0.15, 0.2) is 31.2 Å². The Hall–Kier alpha value is -1.51. The topological polar surface area (TPSA) is 42.9 Å². The number of allylic oxidation sites excluding steroid dienone is 1. The lowest BCUT2D eigenvalue weighted by Crippen LogP contribution is -2.00. The highest BCUT2D eigenvalue weighted by Crippen LogP contribution is 2.00. The van der Waals surface area contributed by atoms with Crippen LogP contribution in [0.5, 0.6) is 0 Å². The van der Waals surface area contributed by atoms with Crippen molar-refractivity contribution in [2.24, 2.45) is 0 Å². The Morgan fingerprint density at radius 2 is 2.50 bits per heavy atom. The first-order valence-electron chi connectivity index (χ1n) is 3.74. The average molecular weight is 162 g/mol. The van der Waals surface area contributed by atoms with E-state index in [9.17, 15) is 4.79 Å². The summed E-state index contributed by atoms with van der Waals surface area (Å²) in [6.45, 7) is 3.54. The first-order valence-corrected chi connectivity index (χ1v) is 3.74. The second-order valence-electron chi connectivity index (χ2n) is 2.35. The first kappa shape index (κ1) is 8.59. The second kappa shape index (κ2) is 4.38. The summed E-state index contributed by atoms with van der Waals surface area (Å²) in [6.07, 6.45) is 5.83. The molecule has 0 amide bonds. The molecule has 1 heterocycles. The number of nitrogens with zero attached hydrogens (tertiary/aromatic N) is 2. The lowest BCUT2D eigenvalue weighted by atomic mass is 10.1. The van der Waals surface area contributed by atoms with Gasteiger partial charge in [0.25, 0.3) is 0 Å². The van der Waals surface area contributed by atoms with Crippen molar-refractivity contribution in [2.45, 2.75) is 12.8 Å². The normalized spacial score (nSPS) is 9.33. The van der Waals surface area contributed by atoms with Gasteiger partial charge in [0.2, 0.25) is 0 Å². The predicted octanol–water partition coefficient (Wildman–Crippen LogP) is 1.63. The molecule has 0 bridgehead atoms. The molecular weight excluding hydrogens is 152 g/mol. The smallest absolute Gasteiger partial charge is 0.181 e. The second-order valence-corrected chi connectivity index (χ2v) is 2.35. The maximum atomic E-state index is 11.3. The van der Waals surface area contributed by atoms with Crippen LogP contribution in [0.2, 0.25) is 0 Å². The lowest BCUT2D eigenvalue weighted by molar-refractivity contribution is 0.0978. The molecule has 0 aliphatic rings. The fraction of sp³-hybridized carbons (Fsp3) is 0.222. The summed E-state index contributed by atoms with van der Waals surface area (Å²) in [6, 6.07) is 1.62. The number of carbonyl (C=O) groups excluding carboxylic acids is 1. The van der Waals surface area contributed by atoms with Gasteiger partial charge in [0.1, 0.15) is 12.0 Å². The molecule has 0 radical (unpaired) electrons. The summed E-state index contributed by atoms with van der Waals surface area (Å²) in [5, 5.41) is 0. The molecule has 1 rings (SSSR count). The number of aromatic nitrogens is 2. The molecule has 0 saturated heterocycles. The van der Waals surface area contributed by atoms with Crippen LogP contribution in [-0.2, 0) is 0 Å². The molecule has 62 valence electrons. The van der Waals surface area contributed by atoms with E-state index in [2.05, 4.69) is 16.5 Å². The highest BCUT2D eigenvalue weighted by molar-refractivity contribution is 5.94. The van der Waals surface area contributed by atoms with Crippen LogP contribution in [-0.4, -0.2) is 15.8 Å². The van der Waals surface area contributed by atoms with E-state index >= 15 is 0 Å². The minimum atomic E-state index is 0.0392. The van der Waals surface area contributed by atoms with Gasteiger partial charge in [0, 0.05) is 12.6 Å². The number of carbonyl (C=O) groups is 1. The Balaban J connectivity index is 2.59. The summed E-state index contributed by atoms with van der Waals surface area (Å²) in [7, 11) is 0. The van der Waals surface area contributed by atoms with Gasteiger partial charge in [-0.15, -0.1) is 6.58 Å². The van der Waals surface area contributed by atoms with Crippen molar-refractivity contribution in [2.75, 3.05) is 0 Å². The summed E-state index contributed by atoms with van der Waals surface area (Å²) >= 11 is 0. The number of rotatable bonds is 4. The van der Waals surface area contributed by atoms with E-state index in [-0.39, 0.29) is 5.78 Å². The molecule has 0 saturated carbocycles. The minimum absolute atomic E-state index is 0.0392. The fourth-order valence-electron chi connectivity index (χ4n) is 0.817. The molecule has 3 heteroatoms. The zero-order valence-corrected chi connectivity index (χ0v) is 6.73. The number of ketones is 1. The predicted molar refractivity (Wildman–Crippen MR) is 45.8 cm³/mol. The van der Waals surface area contributed by atoms with Crippen molar-refractivity contribution in [3.8, 4) is 0 Å². The third kappa shape index (κ3) is 2.27. The first-order chi connectivity index (χ1) is 5.84. The highest BCUT2D eigenvalue weighted by Gasteiger charge is 2.03. The molecule has 0 unspecified atom stereocenters. The van der Waals surface area contributed by atoms with Gasteiger partial charge < -0.3 is 0 Å². The van der Waals surface area contributed by atoms with Gasteiger partial charge in [-0.3, -0.25) is 4.79 Å². The van der Waals surface area contributed by atoms with E-state index in [1.54, 1.807) is 18.3 Å². The Kier molecular flexibility index (Phi) is 3.14. The number of hydrogen-bond donors (Lipinski definition) is 0. The standard InChI is InChI=1S/C9H10N2O/c1-2-3-4-9(12)8-5-6-10-7-11-8/h2,5-7H,1,3-4H2. The molecule has 0 aliphatic heterocycles. The van der Waals surface area contributed by atoms with Crippen LogP contribution >= 0.6 is 0 Å². The van der Waals surface area contributed by atoms with Gasteiger partial charge in [-0.1, -0.05) is 6.08 Å². The maximum Gasteiger partial charge on any atom is 0.181 e. The van der Waals surface area contributed by atoms with Gasteiger partial charge in [-0.25, -0.2) is 9.97 Å². The molecule has 0 atom stereocenters. The number of hydrogen-bond acceptors (Lipinski definition) is 3. The monoisotopic (exact) mass is 162 g/mol. The maximum absolute atomic E-state index is 11.3. The van der Waals surface area contributed by atoms with Gasteiger partial charge in [-0.05, 0) is 12.5 Å². The zero-order valence-electron chi connectivity index (χ0n) is 6.73. The minimum Gasteiger partial charge on any atom is -0.292 e. The van der Waals surface area contributed by atoms with Crippen LogP contribution in [0.25, 0.3) is 0 Å². The Morgan fingerprint density at radius 1 is 1.67 bits per heavy atom. The third-order valence-electron chi connectivity index (χ3n) is 1.44. The van der Waals surface area contributed by atoms with Crippen LogP contribution in [0.4, 0.5) is 0 Å². The molecule has 12 heavy (non-hydrogen) atoms. The molecule has 0 N–H and O–H groups in total. The Bertz CT molecular complexity index is 269. The van der Waals surface area contributed by atoms with Crippen LogP contribution in [0.3, 0.4) is 0 Å². The van der Waals surface area contributed by atoms with E-state index < -0.39 is 0 Å². The van der Waals surface area contributed by atoms with Crippen molar-refractivity contribution < 1.29 is 4.79 Å². The van der Waals surface area contributed by atoms with E-state index in [0.717, 1.165) is 0 Å². The van der Waals surface area contributed by atoms with Crippen molar-refractivity contribution in [1.29, 1.82) is 0 Å². The summed E-state index contributed by atoms with van der Waals surface area (Å²) in [5.41, 5.74) is 0.479. The molecule has 3 nitrogen and oxygen atoms in total. The molecule has 1 aromatic rings. The molecule has 0 aromatic carbocycles. The van der Waals surface area contributed by atoms with E-state index in [1.807, 2.05) is 0 Å². The summed E-state index contributed by atoms with van der Waals surface area (Å²) in [4.78, 5) is 18.8. The molecule has 0 aliphatic carbocycles. The van der Waals surface area contributed by atoms with Crippen LogP contribution in [0, 0.1) is 0 Å². The SMILES string of the molecule is C=CCCC(=O)c1ccncn1. The van der Waals surface area contributed by atoms with Crippen LogP contribution in [0.1, 0.15) is 23.3 Å². The molecule has 0 fully saturated rings.